The molecule has 1 heterocycles. The van der Waals surface area contributed by atoms with E-state index in [1.54, 1.807) is 13.2 Å². The van der Waals surface area contributed by atoms with E-state index in [0.29, 0.717) is 11.6 Å². The zero-order chi connectivity index (χ0) is 12.3. The van der Waals surface area contributed by atoms with Gasteiger partial charge in [-0.2, -0.15) is 0 Å². The van der Waals surface area contributed by atoms with Crippen LogP contribution in [0.3, 0.4) is 0 Å². The van der Waals surface area contributed by atoms with Crippen LogP contribution in [0.4, 0.5) is 0 Å². The normalized spacial score (nSPS) is 12.1. The van der Waals surface area contributed by atoms with E-state index < -0.39 is 0 Å². The molecule has 1 N–H and O–H groups in total. The number of nitrogens with one attached hydrogen (secondary N) is 1. The molecule has 1 unspecified atom stereocenters. The largest absolute Gasteiger partial charge is 0.497 e. The highest BCUT2D eigenvalue weighted by Gasteiger charge is 2.13. The smallest absolute Gasteiger partial charge is 0.284 e. The van der Waals surface area contributed by atoms with Gasteiger partial charge in [0.15, 0.2) is 6.10 Å². The second kappa shape index (κ2) is 5.01. The molecule has 1 aromatic carbocycles. The third kappa shape index (κ3) is 2.85. The fourth-order valence-electron chi connectivity index (χ4n) is 1.34. The van der Waals surface area contributed by atoms with Gasteiger partial charge in [-0.25, -0.2) is 5.10 Å². The van der Waals surface area contributed by atoms with Gasteiger partial charge in [-0.1, -0.05) is 6.07 Å². The maximum atomic E-state index is 5.65. The number of nitrogens with zero attached hydrogens (tertiary/aromatic N) is 1. The molecule has 0 aliphatic rings. The maximum Gasteiger partial charge on any atom is 0.284 e. The summed E-state index contributed by atoms with van der Waals surface area (Å²) in [6.07, 6.45) is -0.324. The van der Waals surface area contributed by atoms with Crippen LogP contribution in [-0.2, 0) is 0 Å². The molecule has 5 nitrogen and oxygen atoms in total. The van der Waals surface area contributed by atoms with Gasteiger partial charge in [-0.3, -0.25) is 0 Å². The molecule has 6 heteroatoms. The summed E-state index contributed by atoms with van der Waals surface area (Å²) in [5.74, 6) is 1.83. The first-order chi connectivity index (χ1) is 8.19. The molecular weight excluding hydrogens is 240 g/mol. The highest BCUT2D eigenvalue weighted by atomic mass is 32.1. The number of methoxy groups -OCH3 is 1. The van der Waals surface area contributed by atoms with Crippen LogP contribution >= 0.6 is 12.2 Å². The highest BCUT2D eigenvalue weighted by molar-refractivity contribution is 7.71. The second-order valence-corrected chi connectivity index (χ2v) is 3.76. The van der Waals surface area contributed by atoms with Crippen molar-refractivity contribution >= 4 is 12.2 Å². The van der Waals surface area contributed by atoms with E-state index in [1.807, 2.05) is 25.1 Å². The number of hydrogen-bond donors (Lipinski definition) is 1. The van der Waals surface area contributed by atoms with E-state index in [-0.39, 0.29) is 10.9 Å². The molecule has 0 spiro atoms. The number of hydrogen-bond acceptors (Lipinski definition) is 5. The average Bonchev–Trinajstić information content (AvgIpc) is 2.76. The molecular formula is C11H12N2O3S. The minimum Gasteiger partial charge on any atom is -0.497 e. The van der Waals surface area contributed by atoms with E-state index in [0.717, 1.165) is 5.75 Å². The topological polar surface area (TPSA) is 60.3 Å². The fraction of sp³-hybridized carbons (Fsp3) is 0.273. The molecule has 2 rings (SSSR count). The molecule has 17 heavy (non-hydrogen) atoms. The van der Waals surface area contributed by atoms with E-state index in [9.17, 15) is 0 Å². The van der Waals surface area contributed by atoms with E-state index >= 15 is 0 Å². The molecule has 0 bridgehead atoms. The van der Waals surface area contributed by atoms with Gasteiger partial charge in [0.2, 0.25) is 0 Å². The summed E-state index contributed by atoms with van der Waals surface area (Å²) < 4.78 is 15.9. The van der Waals surface area contributed by atoms with Crippen LogP contribution in [0.2, 0.25) is 0 Å². The molecule has 2 aromatic rings. The molecule has 0 amide bonds. The van der Waals surface area contributed by atoms with Crippen molar-refractivity contribution in [3.05, 3.63) is 35.0 Å². The number of aromatic amines is 1. The van der Waals surface area contributed by atoms with Gasteiger partial charge >= 0.3 is 0 Å². The van der Waals surface area contributed by atoms with E-state index in [2.05, 4.69) is 10.2 Å². The van der Waals surface area contributed by atoms with Crippen molar-refractivity contribution in [2.45, 2.75) is 13.0 Å². The van der Waals surface area contributed by atoms with Crippen LogP contribution in [0, 0.1) is 4.84 Å². The quantitative estimate of drug-likeness (QED) is 0.848. The Hall–Kier alpha value is -1.82. The lowest BCUT2D eigenvalue weighted by molar-refractivity contribution is 0.187. The average molecular weight is 252 g/mol. The van der Waals surface area contributed by atoms with Gasteiger partial charge in [-0.15, -0.1) is 5.10 Å². The monoisotopic (exact) mass is 252 g/mol. The van der Waals surface area contributed by atoms with Crippen LogP contribution in [0.5, 0.6) is 11.5 Å². The van der Waals surface area contributed by atoms with Gasteiger partial charge in [0.25, 0.3) is 10.7 Å². The van der Waals surface area contributed by atoms with Gasteiger partial charge in [0.1, 0.15) is 11.5 Å². The third-order valence-electron chi connectivity index (χ3n) is 2.16. The standard InChI is InChI=1S/C11H12N2O3S/c1-7(10-12-13-11(17)16-10)15-9-5-3-4-8(6-9)14-2/h3-7H,1-2H3,(H,13,17). The predicted octanol–water partition coefficient (Wildman–Crippen LogP) is 2.88. The molecule has 0 fully saturated rings. The molecule has 0 aliphatic carbocycles. The molecule has 90 valence electrons. The van der Waals surface area contributed by atoms with Crippen LogP contribution in [0.1, 0.15) is 18.9 Å². The minimum atomic E-state index is -0.324. The summed E-state index contributed by atoms with van der Waals surface area (Å²) in [6.45, 7) is 1.83. The van der Waals surface area contributed by atoms with Gasteiger partial charge < -0.3 is 13.9 Å². The summed E-state index contributed by atoms with van der Waals surface area (Å²) >= 11 is 4.80. The third-order valence-corrected chi connectivity index (χ3v) is 2.33. The zero-order valence-corrected chi connectivity index (χ0v) is 10.3. The number of H-pyrrole nitrogens is 1. The first-order valence-corrected chi connectivity index (χ1v) is 5.46. The lowest BCUT2D eigenvalue weighted by Crippen LogP contribution is -2.03. The van der Waals surface area contributed by atoms with Crippen LogP contribution < -0.4 is 9.47 Å². The Morgan fingerprint density at radius 1 is 1.41 bits per heavy atom. The molecule has 0 saturated carbocycles. The van der Waals surface area contributed by atoms with Crippen LogP contribution in [0.15, 0.2) is 28.7 Å². The van der Waals surface area contributed by atoms with Crippen molar-refractivity contribution < 1.29 is 13.9 Å². The van der Waals surface area contributed by atoms with Crippen molar-refractivity contribution in [3.63, 3.8) is 0 Å². The summed E-state index contributed by atoms with van der Waals surface area (Å²) in [4.78, 5) is 0.237. The van der Waals surface area contributed by atoms with Gasteiger partial charge in [0, 0.05) is 6.07 Å². The Morgan fingerprint density at radius 2 is 2.18 bits per heavy atom. The minimum absolute atomic E-state index is 0.237. The summed E-state index contributed by atoms with van der Waals surface area (Å²) in [6, 6.07) is 7.32. The second-order valence-electron chi connectivity index (χ2n) is 3.39. The number of aromatic nitrogens is 2. The van der Waals surface area contributed by atoms with Crippen molar-refractivity contribution in [1.29, 1.82) is 0 Å². The number of ether oxygens (including phenoxy) is 2. The predicted molar refractivity (Wildman–Crippen MR) is 63.7 cm³/mol. The SMILES string of the molecule is COc1cccc(OC(C)c2n[nH]c(=S)o2)c1. The van der Waals surface area contributed by atoms with Crippen molar-refractivity contribution in [1.82, 2.24) is 10.2 Å². The molecule has 0 radical (unpaired) electrons. The Labute approximate surface area is 103 Å². The lowest BCUT2D eigenvalue weighted by atomic mass is 10.3. The zero-order valence-electron chi connectivity index (χ0n) is 9.47. The number of rotatable bonds is 4. The Kier molecular flexibility index (Phi) is 3.43. The Balaban J connectivity index is 2.12. The lowest BCUT2D eigenvalue weighted by Gasteiger charge is -2.11. The highest BCUT2D eigenvalue weighted by Crippen LogP contribution is 2.24. The Morgan fingerprint density at radius 3 is 2.82 bits per heavy atom. The van der Waals surface area contributed by atoms with E-state index in [1.165, 1.54) is 0 Å². The summed E-state index contributed by atoms with van der Waals surface area (Å²) in [5, 5.41) is 6.45. The molecule has 1 atom stereocenters. The summed E-state index contributed by atoms with van der Waals surface area (Å²) in [7, 11) is 1.61. The van der Waals surface area contributed by atoms with E-state index in [4.69, 9.17) is 26.1 Å². The molecule has 1 aromatic heterocycles. The first kappa shape index (κ1) is 11.7. The van der Waals surface area contributed by atoms with Crippen molar-refractivity contribution in [2.75, 3.05) is 7.11 Å². The maximum absolute atomic E-state index is 5.65. The first-order valence-electron chi connectivity index (χ1n) is 5.05. The molecule has 0 aliphatic heterocycles. The van der Waals surface area contributed by atoms with Gasteiger partial charge in [-0.05, 0) is 31.3 Å². The number of benzene rings is 1. The van der Waals surface area contributed by atoms with Crippen LogP contribution in [-0.4, -0.2) is 17.3 Å². The molecule has 0 saturated heterocycles. The fourth-order valence-corrected chi connectivity index (χ4v) is 1.48. The van der Waals surface area contributed by atoms with Crippen molar-refractivity contribution in [2.24, 2.45) is 0 Å². The van der Waals surface area contributed by atoms with Gasteiger partial charge in [0.05, 0.1) is 7.11 Å². The van der Waals surface area contributed by atoms with Crippen molar-refractivity contribution in [3.8, 4) is 11.5 Å². The summed E-state index contributed by atoms with van der Waals surface area (Å²) in [5.41, 5.74) is 0. The Bertz CT molecular complexity index is 549. The van der Waals surface area contributed by atoms with Crippen LogP contribution in [0.25, 0.3) is 0 Å².